The van der Waals surface area contributed by atoms with Gasteiger partial charge in [0.15, 0.2) is 0 Å². The van der Waals surface area contributed by atoms with Crippen LogP contribution in [-0.2, 0) is 16.1 Å². The first-order chi connectivity index (χ1) is 12.7. The lowest BCUT2D eigenvalue weighted by Crippen LogP contribution is -2.35. The number of benzene rings is 2. The summed E-state index contributed by atoms with van der Waals surface area (Å²) < 4.78 is 11.0. The van der Waals surface area contributed by atoms with Crippen molar-refractivity contribution in [1.82, 2.24) is 5.32 Å². The Balaban J connectivity index is 2.10. The minimum absolute atomic E-state index is 0.263. The van der Waals surface area contributed by atoms with Crippen molar-refractivity contribution in [2.75, 3.05) is 0 Å². The number of alkyl carbamates (subject to hydrolysis) is 1. The molecule has 0 saturated carbocycles. The number of amides is 1. The third-order valence-corrected chi connectivity index (χ3v) is 3.58. The normalized spacial score (nSPS) is 12.1. The Hall–Kier alpha value is -3.02. The van der Waals surface area contributed by atoms with Crippen LogP contribution in [0.2, 0.25) is 0 Å². The summed E-state index contributed by atoms with van der Waals surface area (Å²) in [5.41, 5.74) is 0.990. The third kappa shape index (κ3) is 7.40. The minimum Gasteiger partial charge on any atom is -0.489 e. The maximum absolute atomic E-state index is 12.1. The van der Waals surface area contributed by atoms with Crippen LogP contribution in [0.15, 0.2) is 54.6 Å². The fourth-order valence-electron chi connectivity index (χ4n) is 2.44. The van der Waals surface area contributed by atoms with Gasteiger partial charge in [-0.05, 0) is 44.0 Å². The summed E-state index contributed by atoms with van der Waals surface area (Å²) in [7, 11) is 0. The van der Waals surface area contributed by atoms with Gasteiger partial charge < -0.3 is 19.9 Å². The Labute approximate surface area is 159 Å². The molecule has 0 aliphatic carbocycles. The Morgan fingerprint density at radius 3 is 2.41 bits per heavy atom. The van der Waals surface area contributed by atoms with E-state index >= 15 is 0 Å². The van der Waals surface area contributed by atoms with Gasteiger partial charge in [-0.1, -0.05) is 42.5 Å². The topological polar surface area (TPSA) is 84.9 Å². The average molecular weight is 371 g/mol. The second-order valence-electron chi connectivity index (χ2n) is 7.14. The summed E-state index contributed by atoms with van der Waals surface area (Å²) in [6.45, 7) is 5.64. The van der Waals surface area contributed by atoms with Crippen molar-refractivity contribution < 1.29 is 24.2 Å². The Kier molecular flexibility index (Phi) is 6.82. The van der Waals surface area contributed by atoms with E-state index in [4.69, 9.17) is 9.47 Å². The predicted molar refractivity (Wildman–Crippen MR) is 102 cm³/mol. The summed E-state index contributed by atoms with van der Waals surface area (Å²) in [5.74, 6) is -0.426. The molecule has 0 fully saturated rings. The second kappa shape index (κ2) is 9.07. The van der Waals surface area contributed by atoms with Gasteiger partial charge in [0.05, 0.1) is 12.5 Å². The average Bonchev–Trinajstić information content (AvgIpc) is 2.58. The van der Waals surface area contributed by atoms with Crippen LogP contribution >= 0.6 is 0 Å². The third-order valence-electron chi connectivity index (χ3n) is 3.58. The van der Waals surface area contributed by atoms with Gasteiger partial charge >= 0.3 is 12.1 Å². The molecule has 0 radical (unpaired) electrons. The number of rotatable bonds is 7. The highest BCUT2D eigenvalue weighted by atomic mass is 16.6. The van der Waals surface area contributed by atoms with E-state index in [0.29, 0.717) is 17.9 Å². The monoisotopic (exact) mass is 371 g/mol. The van der Waals surface area contributed by atoms with Gasteiger partial charge in [0.25, 0.3) is 0 Å². The molecule has 0 bridgehead atoms. The second-order valence-corrected chi connectivity index (χ2v) is 7.14. The Morgan fingerprint density at radius 1 is 1.07 bits per heavy atom. The highest BCUT2D eigenvalue weighted by molar-refractivity contribution is 5.72. The molecule has 0 heterocycles. The summed E-state index contributed by atoms with van der Waals surface area (Å²) in [4.78, 5) is 23.3. The maximum atomic E-state index is 12.1. The van der Waals surface area contributed by atoms with E-state index in [1.165, 1.54) is 0 Å². The smallest absolute Gasteiger partial charge is 0.408 e. The first-order valence-electron chi connectivity index (χ1n) is 8.71. The van der Waals surface area contributed by atoms with Crippen LogP contribution in [0.25, 0.3) is 0 Å². The van der Waals surface area contributed by atoms with E-state index in [0.717, 1.165) is 5.56 Å². The standard InChI is InChI=1S/C21H25NO5/c1-21(2,3)27-20(25)22-18(13-19(23)24)16-10-7-11-17(12-16)26-14-15-8-5-4-6-9-15/h4-12,18H,13-14H2,1-3H3,(H,22,25)(H,23,24)/t18-/m1/s1. The Morgan fingerprint density at radius 2 is 1.78 bits per heavy atom. The van der Waals surface area contributed by atoms with Crippen LogP contribution in [0, 0.1) is 0 Å². The molecule has 0 aliphatic heterocycles. The van der Waals surface area contributed by atoms with E-state index in [1.807, 2.05) is 30.3 Å². The molecule has 27 heavy (non-hydrogen) atoms. The van der Waals surface area contributed by atoms with Crippen molar-refractivity contribution in [1.29, 1.82) is 0 Å². The van der Waals surface area contributed by atoms with Gasteiger partial charge in [0.2, 0.25) is 0 Å². The van der Waals surface area contributed by atoms with Gasteiger partial charge in [0, 0.05) is 0 Å². The van der Waals surface area contributed by atoms with Crippen LogP contribution in [0.5, 0.6) is 5.75 Å². The van der Waals surface area contributed by atoms with Gasteiger partial charge in [-0.15, -0.1) is 0 Å². The van der Waals surface area contributed by atoms with Crippen molar-refractivity contribution in [2.24, 2.45) is 0 Å². The number of carbonyl (C=O) groups is 2. The van der Waals surface area contributed by atoms with Crippen LogP contribution in [0.4, 0.5) is 4.79 Å². The molecule has 2 rings (SSSR count). The largest absolute Gasteiger partial charge is 0.489 e. The van der Waals surface area contributed by atoms with Crippen LogP contribution in [-0.4, -0.2) is 22.8 Å². The molecule has 2 aromatic carbocycles. The Bertz CT molecular complexity index is 768. The predicted octanol–water partition coefficient (Wildman–Crippen LogP) is 4.31. The number of carboxylic acids is 1. The lowest BCUT2D eigenvalue weighted by Gasteiger charge is -2.23. The molecule has 0 saturated heterocycles. The van der Waals surface area contributed by atoms with Crippen molar-refractivity contribution in [3.05, 3.63) is 65.7 Å². The van der Waals surface area contributed by atoms with Crippen molar-refractivity contribution in [3.8, 4) is 5.75 Å². The lowest BCUT2D eigenvalue weighted by atomic mass is 10.0. The maximum Gasteiger partial charge on any atom is 0.408 e. The molecule has 0 unspecified atom stereocenters. The van der Waals surface area contributed by atoms with Gasteiger partial charge in [-0.3, -0.25) is 4.79 Å². The molecule has 2 N–H and O–H groups in total. The molecule has 1 amide bonds. The first-order valence-corrected chi connectivity index (χ1v) is 8.71. The lowest BCUT2D eigenvalue weighted by molar-refractivity contribution is -0.137. The zero-order valence-corrected chi connectivity index (χ0v) is 15.8. The fraction of sp³-hybridized carbons (Fsp3) is 0.333. The number of carbonyl (C=O) groups excluding carboxylic acids is 1. The molecular weight excluding hydrogens is 346 g/mol. The van der Waals surface area contributed by atoms with Crippen LogP contribution < -0.4 is 10.1 Å². The summed E-state index contributed by atoms with van der Waals surface area (Å²) in [6, 6.07) is 16.0. The van der Waals surface area contributed by atoms with Crippen LogP contribution in [0.3, 0.4) is 0 Å². The van der Waals surface area contributed by atoms with E-state index in [9.17, 15) is 14.7 Å². The molecule has 2 aromatic rings. The molecule has 144 valence electrons. The molecule has 1 atom stereocenters. The number of aliphatic carboxylic acids is 1. The number of hydrogen-bond acceptors (Lipinski definition) is 4. The quantitative estimate of drug-likeness (QED) is 0.758. The summed E-state index contributed by atoms with van der Waals surface area (Å²) in [6.07, 6.45) is -0.925. The zero-order chi connectivity index (χ0) is 19.9. The fourth-order valence-corrected chi connectivity index (χ4v) is 2.44. The summed E-state index contributed by atoms with van der Waals surface area (Å²) in [5, 5.41) is 11.8. The van der Waals surface area contributed by atoms with Crippen molar-refractivity contribution in [2.45, 2.75) is 45.4 Å². The minimum atomic E-state index is -1.02. The van der Waals surface area contributed by atoms with Crippen molar-refractivity contribution >= 4 is 12.1 Å². The van der Waals surface area contributed by atoms with E-state index in [1.54, 1.807) is 45.0 Å². The van der Waals surface area contributed by atoms with E-state index in [-0.39, 0.29) is 6.42 Å². The molecule has 0 spiro atoms. The number of carboxylic acid groups (broad SMARTS) is 1. The van der Waals surface area contributed by atoms with Crippen molar-refractivity contribution in [3.63, 3.8) is 0 Å². The number of ether oxygens (including phenoxy) is 2. The zero-order valence-electron chi connectivity index (χ0n) is 15.8. The summed E-state index contributed by atoms with van der Waals surface area (Å²) >= 11 is 0. The van der Waals surface area contributed by atoms with Gasteiger partial charge in [-0.2, -0.15) is 0 Å². The van der Waals surface area contributed by atoms with E-state index in [2.05, 4.69) is 5.32 Å². The van der Waals surface area contributed by atoms with E-state index < -0.39 is 23.7 Å². The van der Waals surface area contributed by atoms with Crippen LogP contribution in [0.1, 0.15) is 44.4 Å². The van der Waals surface area contributed by atoms with Gasteiger partial charge in [-0.25, -0.2) is 4.79 Å². The highest BCUT2D eigenvalue weighted by Crippen LogP contribution is 2.23. The van der Waals surface area contributed by atoms with Gasteiger partial charge in [0.1, 0.15) is 18.0 Å². The molecule has 0 aliphatic rings. The molecule has 0 aromatic heterocycles. The first kappa shape index (κ1) is 20.3. The number of hydrogen-bond donors (Lipinski definition) is 2. The number of nitrogens with one attached hydrogen (secondary N) is 1. The molecule has 6 heteroatoms. The highest BCUT2D eigenvalue weighted by Gasteiger charge is 2.22. The molecular formula is C21H25NO5. The molecule has 6 nitrogen and oxygen atoms in total. The SMILES string of the molecule is CC(C)(C)OC(=O)N[C@H](CC(=O)O)c1cccc(OCc2ccccc2)c1.